The monoisotopic (exact) mass is 337 g/mol. The van der Waals surface area contributed by atoms with Gasteiger partial charge in [0.1, 0.15) is 0 Å². The van der Waals surface area contributed by atoms with E-state index in [1.54, 1.807) is 7.11 Å². The highest BCUT2D eigenvalue weighted by atomic mass is 16.5. The smallest absolute Gasteiger partial charge is 0.251 e. The number of nitrogens with one attached hydrogen (secondary N) is 1. The van der Waals surface area contributed by atoms with Crippen molar-refractivity contribution in [3.05, 3.63) is 65.7 Å². The molecule has 1 N–H and O–H groups in total. The first-order valence-electron chi connectivity index (χ1n) is 8.45. The fourth-order valence-corrected chi connectivity index (χ4v) is 2.84. The number of hydrogen-bond acceptors (Lipinski definition) is 4. The van der Waals surface area contributed by atoms with Crippen molar-refractivity contribution in [1.29, 1.82) is 0 Å². The van der Waals surface area contributed by atoms with Crippen molar-refractivity contribution in [2.75, 3.05) is 25.2 Å². The predicted molar refractivity (Wildman–Crippen MR) is 100 cm³/mol. The summed E-state index contributed by atoms with van der Waals surface area (Å²) in [4.78, 5) is 12.4. The van der Waals surface area contributed by atoms with Crippen LogP contribution in [0.5, 0.6) is 0 Å². The molecule has 1 amide bonds. The third-order valence-corrected chi connectivity index (χ3v) is 4.31. The Bertz CT molecular complexity index is 741. The molecule has 0 radical (unpaired) electrons. The minimum absolute atomic E-state index is 0.106. The average Bonchev–Trinajstić information content (AvgIpc) is 3.09. The number of rotatable bonds is 6. The minimum atomic E-state index is -0.161. The summed E-state index contributed by atoms with van der Waals surface area (Å²) in [5.74, 6) is -0.106. The van der Waals surface area contributed by atoms with Crippen LogP contribution in [0.3, 0.4) is 0 Å². The number of benzene rings is 2. The lowest BCUT2D eigenvalue weighted by Crippen LogP contribution is -2.29. The molecule has 1 aliphatic rings. The van der Waals surface area contributed by atoms with Crippen LogP contribution < -0.4 is 10.3 Å². The summed E-state index contributed by atoms with van der Waals surface area (Å²) in [5, 5.41) is 9.38. The summed E-state index contributed by atoms with van der Waals surface area (Å²) in [5.41, 5.74) is 3.82. The summed E-state index contributed by atoms with van der Waals surface area (Å²) in [6.45, 7) is 3.35. The second kappa shape index (κ2) is 7.94. The quantitative estimate of drug-likeness (QED) is 0.879. The summed E-state index contributed by atoms with van der Waals surface area (Å²) in [6, 6.07) is 17.4. The van der Waals surface area contributed by atoms with Gasteiger partial charge in [0, 0.05) is 37.9 Å². The summed E-state index contributed by atoms with van der Waals surface area (Å²) >= 11 is 0. The van der Waals surface area contributed by atoms with Gasteiger partial charge in [0.25, 0.3) is 5.91 Å². The van der Waals surface area contributed by atoms with Gasteiger partial charge in [0.15, 0.2) is 0 Å². The van der Waals surface area contributed by atoms with Crippen molar-refractivity contribution in [2.45, 2.75) is 19.4 Å². The highest BCUT2D eigenvalue weighted by molar-refractivity contribution is 5.94. The van der Waals surface area contributed by atoms with E-state index in [1.165, 1.54) is 0 Å². The summed E-state index contributed by atoms with van der Waals surface area (Å²) in [7, 11) is 1.65. The van der Waals surface area contributed by atoms with Crippen molar-refractivity contribution >= 4 is 17.3 Å². The normalized spacial score (nSPS) is 15.0. The third kappa shape index (κ3) is 4.25. The highest BCUT2D eigenvalue weighted by Crippen LogP contribution is 2.20. The summed E-state index contributed by atoms with van der Waals surface area (Å²) in [6.07, 6.45) is 0.825. The second-order valence-electron chi connectivity index (χ2n) is 6.10. The van der Waals surface area contributed by atoms with Crippen LogP contribution in [0.25, 0.3) is 0 Å². The first-order chi connectivity index (χ1) is 12.2. The van der Waals surface area contributed by atoms with Crippen LogP contribution in [-0.2, 0) is 4.74 Å². The van der Waals surface area contributed by atoms with E-state index in [2.05, 4.69) is 10.4 Å². The zero-order valence-electron chi connectivity index (χ0n) is 14.6. The molecule has 0 bridgehead atoms. The molecule has 3 rings (SSSR count). The molecule has 5 nitrogen and oxygen atoms in total. The fourth-order valence-electron chi connectivity index (χ4n) is 2.84. The molecule has 2 aromatic carbocycles. The predicted octanol–water partition coefficient (Wildman–Crippen LogP) is 3.39. The molecule has 0 spiro atoms. The molecule has 0 aliphatic carbocycles. The van der Waals surface area contributed by atoms with E-state index in [-0.39, 0.29) is 12.0 Å². The lowest BCUT2D eigenvalue weighted by atomic mass is 10.1. The minimum Gasteiger partial charge on any atom is -0.375 e. The first kappa shape index (κ1) is 17.2. The number of amides is 1. The Morgan fingerprint density at radius 2 is 1.92 bits per heavy atom. The van der Waals surface area contributed by atoms with Crippen LogP contribution in [0.4, 0.5) is 5.69 Å². The fraction of sp³-hybridized carbons (Fsp3) is 0.300. The van der Waals surface area contributed by atoms with E-state index in [4.69, 9.17) is 4.74 Å². The Labute approximate surface area is 148 Å². The number of hydrogen-bond donors (Lipinski definition) is 1. The van der Waals surface area contributed by atoms with Crippen molar-refractivity contribution in [2.24, 2.45) is 5.10 Å². The van der Waals surface area contributed by atoms with Gasteiger partial charge in [-0.25, -0.2) is 0 Å². The average molecular weight is 337 g/mol. The SMILES string of the molecule is CO[C@@H](CNC(=O)c1ccc(N2CCC(C)=N2)cc1)c1ccccc1. The molecule has 1 heterocycles. The zero-order valence-corrected chi connectivity index (χ0v) is 14.6. The van der Waals surface area contributed by atoms with Gasteiger partial charge in [-0.2, -0.15) is 5.10 Å². The Morgan fingerprint density at radius 1 is 1.20 bits per heavy atom. The summed E-state index contributed by atoms with van der Waals surface area (Å²) < 4.78 is 5.48. The van der Waals surface area contributed by atoms with E-state index in [1.807, 2.05) is 66.5 Å². The van der Waals surface area contributed by atoms with Gasteiger partial charge in [0.2, 0.25) is 0 Å². The molecule has 0 aromatic heterocycles. The molecular formula is C20H23N3O2. The van der Waals surface area contributed by atoms with Gasteiger partial charge >= 0.3 is 0 Å². The molecular weight excluding hydrogens is 314 g/mol. The molecule has 0 unspecified atom stereocenters. The van der Waals surface area contributed by atoms with E-state index >= 15 is 0 Å². The molecule has 2 aromatic rings. The van der Waals surface area contributed by atoms with Crippen molar-refractivity contribution in [3.8, 4) is 0 Å². The van der Waals surface area contributed by atoms with E-state index < -0.39 is 0 Å². The van der Waals surface area contributed by atoms with Crippen molar-refractivity contribution in [1.82, 2.24) is 5.32 Å². The molecule has 1 atom stereocenters. The third-order valence-electron chi connectivity index (χ3n) is 4.31. The van der Waals surface area contributed by atoms with Crippen molar-refractivity contribution in [3.63, 3.8) is 0 Å². The van der Waals surface area contributed by atoms with Crippen LogP contribution in [0.2, 0.25) is 0 Å². The molecule has 25 heavy (non-hydrogen) atoms. The van der Waals surface area contributed by atoms with Gasteiger partial charge in [-0.3, -0.25) is 9.80 Å². The lowest BCUT2D eigenvalue weighted by Gasteiger charge is -2.17. The zero-order chi connectivity index (χ0) is 17.6. The number of carbonyl (C=O) groups excluding carboxylic acids is 1. The lowest BCUT2D eigenvalue weighted by molar-refractivity contribution is 0.0828. The van der Waals surface area contributed by atoms with Crippen molar-refractivity contribution < 1.29 is 9.53 Å². The maximum atomic E-state index is 12.4. The largest absolute Gasteiger partial charge is 0.375 e. The van der Waals surface area contributed by atoms with Gasteiger partial charge < -0.3 is 10.1 Å². The Kier molecular flexibility index (Phi) is 5.46. The molecule has 1 aliphatic heterocycles. The topological polar surface area (TPSA) is 53.9 Å². The first-order valence-corrected chi connectivity index (χ1v) is 8.45. The number of nitrogens with zero attached hydrogens (tertiary/aromatic N) is 2. The highest BCUT2D eigenvalue weighted by Gasteiger charge is 2.15. The number of hydrazone groups is 1. The number of methoxy groups -OCH3 is 1. The van der Waals surface area contributed by atoms with E-state index in [0.29, 0.717) is 12.1 Å². The Morgan fingerprint density at radius 3 is 2.52 bits per heavy atom. The molecule has 0 saturated heterocycles. The van der Waals surface area contributed by atoms with Crippen LogP contribution >= 0.6 is 0 Å². The van der Waals surface area contributed by atoms with E-state index in [9.17, 15) is 4.79 Å². The number of carbonyl (C=O) groups is 1. The molecule has 0 fully saturated rings. The molecule has 5 heteroatoms. The van der Waals surface area contributed by atoms with E-state index in [0.717, 1.165) is 29.9 Å². The van der Waals surface area contributed by atoms with Gasteiger partial charge in [-0.15, -0.1) is 0 Å². The van der Waals surface area contributed by atoms with Gasteiger partial charge in [-0.05, 0) is 36.8 Å². The maximum Gasteiger partial charge on any atom is 0.251 e. The number of ether oxygens (including phenoxy) is 1. The van der Waals surface area contributed by atoms with Gasteiger partial charge in [-0.1, -0.05) is 30.3 Å². The van der Waals surface area contributed by atoms with Crippen LogP contribution in [0.15, 0.2) is 59.7 Å². The van der Waals surface area contributed by atoms with Crippen LogP contribution in [-0.4, -0.2) is 31.8 Å². The second-order valence-corrected chi connectivity index (χ2v) is 6.10. The number of anilines is 1. The van der Waals surface area contributed by atoms with Crippen LogP contribution in [0.1, 0.15) is 35.4 Å². The molecule has 0 saturated carbocycles. The Hall–Kier alpha value is -2.66. The molecule has 130 valence electrons. The van der Waals surface area contributed by atoms with Gasteiger partial charge in [0.05, 0.1) is 11.8 Å². The standard InChI is InChI=1S/C20H23N3O2/c1-15-12-13-23(22-15)18-10-8-17(9-11-18)20(24)21-14-19(25-2)16-6-4-3-5-7-16/h3-11,19H,12-14H2,1-2H3,(H,21,24)/t19-/m0/s1. The Balaban J connectivity index is 1.59. The van der Waals surface area contributed by atoms with Crippen LogP contribution in [0, 0.1) is 0 Å². The maximum absolute atomic E-state index is 12.4.